The lowest BCUT2D eigenvalue weighted by Gasteiger charge is -2.44. The van der Waals surface area contributed by atoms with E-state index in [2.05, 4.69) is 32.6 Å². The molecule has 31 heavy (non-hydrogen) atoms. The molecule has 3 rings (SSSR count). The van der Waals surface area contributed by atoms with E-state index in [1.807, 2.05) is 13.8 Å². The van der Waals surface area contributed by atoms with Crippen LogP contribution in [0, 0.1) is 29.1 Å². The number of carbonyl (C=O) groups excluding carboxylic acids is 1. The number of rotatable bonds is 6. The zero-order valence-electron chi connectivity index (χ0n) is 19.8. The van der Waals surface area contributed by atoms with Crippen LogP contribution in [0.4, 0.5) is 0 Å². The van der Waals surface area contributed by atoms with Gasteiger partial charge in [0.05, 0.1) is 12.2 Å². The molecule has 2 unspecified atom stereocenters. The maximum atomic E-state index is 12.2. The molecule has 0 aromatic rings. The minimum atomic E-state index is -0.851. The van der Waals surface area contributed by atoms with Crippen LogP contribution in [0.25, 0.3) is 0 Å². The molecule has 4 heteroatoms. The molecule has 0 saturated heterocycles. The summed E-state index contributed by atoms with van der Waals surface area (Å²) in [6.45, 7) is 12.4. The van der Waals surface area contributed by atoms with Crippen LogP contribution in [0.3, 0.4) is 0 Å². The lowest BCUT2D eigenvalue weighted by atomic mass is 9.60. The Morgan fingerprint density at radius 1 is 1.23 bits per heavy atom. The van der Waals surface area contributed by atoms with Crippen LogP contribution in [-0.4, -0.2) is 39.4 Å². The van der Waals surface area contributed by atoms with Crippen molar-refractivity contribution in [3.8, 4) is 0 Å². The van der Waals surface area contributed by atoms with Crippen molar-refractivity contribution in [1.29, 1.82) is 0 Å². The fraction of sp³-hybridized carbons (Fsp3) is 0.741. The lowest BCUT2D eigenvalue weighted by molar-refractivity contribution is -0.131. The normalized spacial score (nSPS) is 38.5. The molecule has 0 aliphatic heterocycles. The Kier molecular flexibility index (Phi) is 7.66. The number of Topliss-reactive ketones (excluding diaryl/α,β-unsaturated/α-hetero) is 1. The molecular weight excluding hydrogens is 388 g/mol. The predicted octanol–water partition coefficient (Wildman–Crippen LogP) is 4.74. The second kappa shape index (κ2) is 9.72. The Bertz CT molecular complexity index is 748. The van der Waals surface area contributed by atoms with Crippen molar-refractivity contribution in [2.24, 2.45) is 29.1 Å². The highest BCUT2D eigenvalue weighted by atomic mass is 16.3. The predicted molar refractivity (Wildman–Crippen MR) is 124 cm³/mol. The molecule has 0 aromatic heterocycles. The molecular formula is C27H42O4. The Labute approximate surface area is 188 Å². The summed E-state index contributed by atoms with van der Waals surface area (Å²) in [7, 11) is 0. The van der Waals surface area contributed by atoms with E-state index in [-0.39, 0.29) is 17.1 Å². The molecule has 7 atom stereocenters. The van der Waals surface area contributed by atoms with Gasteiger partial charge >= 0.3 is 0 Å². The highest BCUT2D eigenvalue weighted by molar-refractivity contribution is 5.84. The standard InChI is InChI=1S/C27H42O4/c1-16(2)26(31)25(30)13-17(3)22-10-11-23-19(7-6-12-27(22,23)5)8-9-20-14-21(28)15-24(29)18(20)4/h8-9,16-17,21-25,28-30H,4,6-7,10-15H2,1-3,5H3/b19-8?,20-9-/t17-,21-,22-,23?,24-,25?,27-/m1/s1. The maximum absolute atomic E-state index is 12.2. The Morgan fingerprint density at radius 2 is 1.94 bits per heavy atom. The number of allylic oxidation sites excluding steroid dienone is 3. The third kappa shape index (κ3) is 5.07. The van der Waals surface area contributed by atoms with E-state index in [1.54, 1.807) is 0 Å². The van der Waals surface area contributed by atoms with Gasteiger partial charge in [-0.15, -0.1) is 0 Å². The van der Waals surface area contributed by atoms with Crippen molar-refractivity contribution >= 4 is 5.78 Å². The molecule has 0 amide bonds. The second-order valence-corrected chi connectivity index (χ2v) is 10.9. The Balaban J connectivity index is 1.75. The fourth-order valence-corrected chi connectivity index (χ4v) is 6.70. The van der Waals surface area contributed by atoms with Crippen molar-refractivity contribution in [2.45, 2.75) is 97.4 Å². The number of ketones is 1. The zero-order valence-corrected chi connectivity index (χ0v) is 19.8. The van der Waals surface area contributed by atoms with Gasteiger partial charge in [0.15, 0.2) is 5.78 Å². The molecule has 3 aliphatic rings. The molecule has 0 aromatic carbocycles. The summed E-state index contributed by atoms with van der Waals surface area (Å²) in [6.07, 6.45) is 9.54. The molecule has 174 valence electrons. The molecule has 3 fully saturated rings. The molecule has 0 bridgehead atoms. The number of hydrogen-bond acceptors (Lipinski definition) is 4. The van der Waals surface area contributed by atoms with Gasteiger partial charge in [0.1, 0.15) is 6.10 Å². The largest absolute Gasteiger partial charge is 0.393 e. The van der Waals surface area contributed by atoms with Gasteiger partial charge in [-0.3, -0.25) is 4.79 Å². The summed E-state index contributed by atoms with van der Waals surface area (Å²) in [5.41, 5.74) is 3.37. The van der Waals surface area contributed by atoms with Crippen LogP contribution >= 0.6 is 0 Å². The number of fused-ring (bicyclic) bond motifs is 1. The average molecular weight is 431 g/mol. The van der Waals surface area contributed by atoms with Crippen LogP contribution in [0.15, 0.2) is 35.5 Å². The van der Waals surface area contributed by atoms with Crippen LogP contribution in [-0.2, 0) is 4.79 Å². The smallest absolute Gasteiger partial charge is 0.163 e. The fourth-order valence-electron chi connectivity index (χ4n) is 6.70. The average Bonchev–Trinajstić information content (AvgIpc) is 3.06. The Morgan fingerprint density at radius 3 is 2.61 bits per heavy atom. The monoisotopic (exact) mass is 430 g/mol. The summed E-state index contributed by atoms with van der Waals surface area (Å²) in [5.74, 6) is 1.18. The first-order valence-corrected chi connectivity index (χ1v) is 12.2. The molecule has 0 radical (unpaired) electrons. The number of aliphatic hydroxyl groups is 3. The summed E-state index contributed by atoms with van der Waals surface area (Å²) in [4.78, 5) is 12.2. The summed E-state index contributed by atoms with van der Waals surface area (Å²) in [6, 6.07) is 0. The van der Waals surface area contributed by atoms with E-state index < -0.39 is 18.3 Å². The molecule has 0 heterocycles. The van der Waals surface area contributed by atoms with E-state index >= 15 is 0 Å². The van der Waals surface area contributed by atoms with Gasteiger partial charge in [-0.25, -0.2) is 0 Å². The van der Waals surface area contributed by atoms with E-state index in [9.17, 15) is 20.1 Å². The van der Waals surface area contributed by atoms with Gasteiger partial charge in [0, 0.05) is 12.3 Å². The first kappa shape index (κ1) is 24.4. The van der Waals surface area contributed by atoms with E-state index in [1.165, 1.54) is 12.0 Å². The topological polar surface area (TPSA) is 77.8 Å². The van der Waals surface area contributed by atoms with Crippen molar-refractivity contribution in [1.82, 2.24) is 0 Å². The maximum Gasteiger partial charge on any atom is 0.163 e. The molecule has 3 aliphatic carbocycles. The summed E-state index contributed by atoms with van der Waals surface area (Å²) >= 11 is 0. The highest BCUT2D eigenvalue weighted by Gasteiger charge is 2.50. The number of hydrogen-bond donors (Lipinski definition) is 3. The zero-order chi connectivity index (χ0) is 22.9. The van der Waals surface area contributed by atoms with Gasteiger partial charge in [-0.2, -0.15) is 0 Å². The van der Waals surface area contributed by atoms with Crippen molar-refractivity contribution in [2.75, 3.05) is 0 Å². The Hall–Kier alpha value is -1.23. The van der Waals surface area contributed by atoms with Crippen LogP contribution < -0.4 is 0 Å². The number of carbonyl (C=O) groups is 1. The van der Waals surface area contributed by atoms with E-state index in [0.717, 1.165) is 36.8 Å². The van der Waals surface area contributed by atoms with E-state index in [4.69, 9.17) is 0 Å². The van der Waals surface area contributed by atoms with Gasteiger partial charge in [0.2, 0.25) is 0 Å². The molecule has 0 spiro atoms. The van der Waals surface area contributed by atoms with Crippen molar-refractivity contribution in [3.05, 3.63) is 35.5 Å². The first-order valence-electron chi connectivity index (χ1n) is 12.2. The van der Waals surface area contributed by atoms with Gasteiger partial charge < -0.3 is 15.3 Å². The third-order valence-electron chi connectivity index (χ3n) is 8.48. The summed E-state index contributed by atoms with van der Waals surface area (Å²) < 4.78 is 0. The lowest BCUT2D eigenvalue weighted by Crippen LogP contribution is -2.38. The highest BCUT2D eigenvalue weighted by Crippen LogP contribution is 2.59. The van der Waals surface area contributed by atoms with E-state index in [0.29, 0.717) is 37.0 Å². The van der Waals surface area contributed by atoms with Crippen molar-refractivity contribution in [3.63, 3.8) is 0 Å². The SMILES string of the molecule is C=C1/C(=C\C=C2CCC[C@@]3(C)C2CC[C@@H]3[C@H](C)CC(O)C(=O)C(C)C)C[C@@H](O)C[C@H]1O. The minimum absolute atomic E-state index is 0.0421. The minimum Gasteiger partial charge on any atom is -0.393 e. The molecule has 3 N–H and O–H groups in total. The second-order valence-electron chi connectivity index (χ2n) is 10.9. The quantitative estimate of drug-likeness (QED) is 0.569. The third-order valence-corrected chi connectivity index (χ3v) is 8.48. The molecule has 4 nitrogen and oxygen atoms in total. The van der Waals surface area contributed by atoms with Crippen molar-refractivity contribution < 1.29 is 20.1 Å². The van der Waals surface area contributed by atoms with Crippen LogP contribution in [0.1, 0.15) is 79.1 Å². The summed E-state index contributed by atoms with van der Waals surface area (Å²) in [5, 5.41) is 30.6. The van der Waals surface area contributed by atoms with Crippen LogP contribution in [0.5, 0.6) is 0 Å². The van der Waals surface area contributed by atoms with Crippen LogP contribution in [0.2, 0.25) is 0 Å². The van der Waals surface area contributed by atoms with Gasteiger partial charge in [0.25, 0.3) is 0 Å². The van der Waals surface area contributed by atoms with Gasteiger partial charge in [-0.1, -0.05) is 52.0 Å². The molecule has 3 saturated carbocycles. The number of aliphatic hydroxyl groups excluding tert-OH is 3. The van der Waals surface area contributed by atoms with Gasteiger partial charge in [-0.05, 0) is 79.3 Å². The first-order chi connectivity index (χ1) is 14.5.